The fourth-order valence-electron chi connectivity index (χ4n) is 1.81. The number of hydrogen-bond donors (Lipinski definition) is 1. The highest BCUT2D eigenvalue weighted by molar-refractivity contribution is 14.1. The number of fused-ring (bicyclic) bond motifs is 1. The molecule has 2 aromatic heterocycles. The number of aromatic amines is 1. The summed E-state index contributed by atoms with van der Waals surface area (Å²) >= 11 is 2.01. The minimum Gasteiger partial charge on any atom is -0.341 e. The van der Waals surface area contributed by atoms with Gasteiger partial charge in [0, 0.05) is 11.3 Å². The summed E-state index contributed by atoms with van der Waals surface area (Å²) in [5.74, 6) is 0. The van der Waals surface area contributed by atoms with Crippen LogP contribution in [0.15, 0.2) is 35.1 Å². The zero-order valence-electron chi connectivity index (χ0n) is 9.51. The molecule has 1 N–H and O–H groups in total. The molecule has 90 valence electrons. The van der Waals surface area contributed by atoms with Crippen LogP contribution in [0, 0.1) is 10.5 Å². The zero-order valence-corrected chi connectivity index (χ0v) is 11.7. The number of hydrogen-bond acceptors (Lipinski definition) is 3. The predicted octanol–water partition coefficient (Wildman–Crippen LogP) is 2.00. The van der Waals surface area contributed by atoms with E-state index in [9.17, 15) is 4.79 Å². The first-order chi connectivity index (χ1) is 8.68. The summed E-state index contributed by atoms with van der Waals surface area (Å²) in [5, 5.41) is 8.00. The SMILES string of the molecule is Cc1[nH]c2c(-c3ccccc3)nnn2c(=O)c1I. The number of aromatic nitrogens is 4. The molecule has 0 aliphatic carbocycles. The second-order valence-electron chi connectivity index (χ2n) is 3.93. The smallest absolute Gasteiger partial charge is 0.289 e. The van der Waals surface area contributed by atoms with Crippen LogP contribution in [-0.2, 0) is 0 Å². The van der Waals surface area contributed by atoms with Crippen LogP contribution in [-0.4, -0.2) is 19.8 Å². The molecule has 0 aliphatic heterocycles. The first-order valence-corrected chi connectivity index (χ1v) is 6.45. The molecule has 0 saturated heterocycles. The van der Waals surface area contributed by atoms with Gasteiger partial charge in [-0.2, -0.15) is 4.52 Å². The zero-order chi connectivity index (χ0) is 12.7. The van der Waals surface area contributed by atoms with Gasteiger partial charge in [0.15, 0.2) is 5.65 Å². The standard InChI is InChI=1S/C12H9IN4O/c1-7-9(13)12(18)17-11(14-7)10(15-16-17)8-5-3-2-4-6-8/h2-6,14H,1H3. The summed E-state index contributed by atoms with van der Waals surface area (Å²) < 4.78 is 1.93. The number of benzene rings is 1. The van der Waals surface area contributed by atoms with Crippen molar-refractivity contribution in [3.8, 4) is 11.3 Å². The van der Waals surface area contributed by atoms with E-state index < -0.39 is 0 Å². The quantitative estimate of drug-likeness (QED) is 0.682. The van der Waals surface area contributed by atoms with Crippen LogP contribution in [0.2, 0.25) is 0 Å². The Hall–Kier alpha value is -1.70. The Morgan fingerprint density at radius 1 is 1.28 bits per heavy atom. The van der Waals surface area contributed by atoms with E-state index in [1.165, 1.54) is 4.52 Å². The summed E-state index contributed by atoms with van der Waals surface area (Å²) in [6.07, 6.45) is 0. The minimum atomic E-state index is -0.142. The number of aryl methyl sites for hydroxylation is 1. The summed E-state index contributed by atoms with van der Waals surface area (Å²) in [6.45, 7) is 1.87. The summed E-state index contributed by atoms with van der Waals surface area (Å²) in [5.41, 5.74) is 2.93. The van der Waals surface area contributed by atoms with Crippen LogP contribution < -0.4 is 5.56 Å². The lowest BCUT2D eigenvalue weighted by Gasteiger charge is -2.01. The van der Waals surface area contributed by atoms with Crippen LogP contribution in [0.3, 0.4) is 0 Å². The van der Waals surface area contributed by atoms with Crippen molar-refractivity contribution in [3.05, 3.63) is 49.9 Å². The molecule has 0 unspecified atom stereocenters. The number of rotatable bonds is 1. The molecule has 6 heteroatoms. The fraction of sp³-hybridized carbons (Fsp3) is 0.0833. The van der Waals surface area contributed by atoms with Gasteiger partial charge in [0.1, 0.15) is 5.69 Å². The average molecular weight is 352 g/mol. The van der Waals surface area contributed by atoms with Gasteiger partial charge >= 0.3 is 0 Å². The minimum absolute atomic E-state index is 0.142. The van der Waals surface area contributed by atoms with Crippen LogP contribution >= 0.6 is 22.6 Å². The summed E-state index contributed by atoms with van der Waals surface area (Å²) in [4.78, 5) is 15.2. The number of H-pyrrole nitrogens is 1. The molecule has 0 atom stereocenters. The molecule has 5 nitrogen and oxygen atoms in total. The van der Waals surface area contributed by atoms with Gasteiger partial charge in [-0.05, 0) is 29.5 Å². The van der Waals surface area contributed by atoms with Gasteiger partial charge in [-0.1, -0.05) is 35.5 Å². The Labute approximate surface area is 116 Å². The third kappa shape index (κ3) is 1.64. The van der Waals surface area contributed by atoms with E-state index in [1.54, 1.807) is 0 Å². The maximum atomic E-state index is 12.0. The third-order valence-corrected chi connectivity index (χ3v) is 4.00. The van der Waals surface area contributed by atoms with Crippen molar-refractivity contribution in [3.63, 3.8) is 0 Å². The molecule has 2 heterocycles. The highest BCUT2D eigenvalue weighted by atomic mass is 127. The molecule has 1 aromatic carbocycles. The van der Waals surface area contributed by atoms with Gasteiger partial charge in [0.2, 0.25) is 0 Å². The van der Waals surface area contributed by atoms with Crippen molar-refractivity contribution in [1.29, 1.82) is 0 Å². The lowest BCUT2D eigenvalue weighted by atomic mass is 10.2. The van der Waals surface area contributed by atoms with Crippen LogP contribution in [0.1, 0.15) is 5.69 Å². The number of halogens is 1. The Balaban J connectivity index is 2.38. The largest absolute Gasteiger partial charge is 0.341 e. The van der Waals surface area contributed by atoms with Crippen LogP contribution in [0.4, 0.5) is 0 Å². The second-order valence-corrected chi connectivity index (χ2v) is 5.01. The van der Waals surface area contributed by atoms with Gasteiger partial charge in [-0.25, -0.2) is 0 Å². The van der Waals surface area contributed by atoms with Gasteiger partial charge in [-0.15, -0.1) is 5.10 Å². The highest BCUT2D eigenvalue weighted by Gasteiger charge is 2.13. The molecule has 0 fully saturated rings. The fourth-order valence-corrected chi connectivity index (χ4v) is 2.18. The normalized spacial score (nSPS) is 11.0. The first kappa shape index (κ1) is 11.4. The lowest BCUT2D eigenvalue weighted by molar-refractivity contribution is 0.810. The van der Waals surface area contributed by atoms with Crippen molar-refractivity contribution < 1.29 is 0 Å². The van der Waals surface area contributed by atoms with E-state index in [-0.39, 0.29) is 5.56 Å². The summed E-state index contributed by atoms with van der Waals surface area (Å²) in [7, 11) is 0. The van der Waals surface area contributed by atoms with Crippen molar-refractivity contribution in [2.75, 3.05) is 0 Å². The molecule has 0 radical (unpaired) electrons. The van der Waals surface area contributed by atoms with Crippen molar-refractivity contribution in [2.24, 2.45) is 0 Å². The Morgan fingerprint density at radius 2 is 2.00 bits per heavy atom. The molecular formula is C12H9IN4O. The molecule has 0 saturated carbocycles. The number of nitrogens with zero attached hydrogens (tertiary/aromatic N) is 3. The Bertz CT molecular complexity index is 776. The third-order valence-electron chi connectivity index (χ3n) is 2.73. The number of nitrogens with one attached hydrogen (secondary N) is 1. The maximum absolute atomic E-state index is 12.0. The second kappa shape index (κ2) is 4.20. The Morgan fingerprint density at radius 3 is 2.72 bits per heavy atom. The highest BCUT2D eigenvalue weighted by Crippen LogP contribution is 2.20. The molecule has 3 aromatic rings. The molecule has 0 aliphatic rings. The topological polar surface area (TPSA) is 63.1 Å². The van der Waals surface area contributed by atoms with E-state index in [0.29, 0.717) is 14.9 Å². The molecule has 3 rings (SSSR count). The van der Waals surface area contributed by atoms with Crippen molar-refractivity contribution >= 4 is 28.2 Å². The maximum Gasteiger partial charge on any atom is 0.289 e. The van der Waals surface area contributed by atoms with Gasteiger partial charge in [0.05, 0.1) is 3.57 Å². The molecule has 0 spiro atoms. The van der Waals surface area contributed by atoms with Crippen LogP contribution in [0.5, 0.6) is 0 Å². The van der Waals surface area contributed by atoms with Gasteiger partial charge in [0.25, 0.3) is 5.56 Å². The van der Waals surface area contributed by atoms with Crippen LogP contribution in [0.25, 0.3) is 16.9 Å². The van der Waals surface area contributed by atoms with E-state index in [0.717, 1.165) is 11.3 Å². The molecule has 0 amide bonds. The van der Waals surface area contributed by atoms with Crippen molar-refractivity contribution in [1.82, 2.24) is 19.8 Å². The average Bonchev–Trinajstić information content (AvgIpc) is 2.81. The predicted molar refractivity (Wildman–Crippen MR) is 76.5 cm³/mol. The Kier molecular flexibility index (Phi) is 2.66. The van der Waals surface area contributed by atoms with E-state index in [2.05, 4.69) is 15.3 Å². The monoisotopic (exact) mass is 352 g/mol. The van der Waals surface area contributed by atoms with Gasteiger partial charge in [-0.3, -0.25) is 4.79 Å². The molecule has 0 bridgehead atoms. The van der Waals surface area contributed by atoms with E-state index >= 15 is 0 Å². The molecule has 18 heavy (non-hydrogen) atoms. The first-order valence-electron chi connectivity index (χ1n) is 5.37. The van der Waals surface area contributed by atoms with Crippen molar-refractivity contribution in [2.45, 2.75) is 6.92 Å². The van der Waals surface area contributed by atoms with E-state index in [1.807, 2.05) is 59.8 Å². The molecular weight excluding hydrogens is 343 g/mol. The lowest BCUT2D eigenvalue weighted by Crippen LogP contribution is -2.19. The van der Waals surface area contributed by atoms with Gasteiger partial charge < -0.3 is 4.98 Å². The summed E-state index contributed by atoms with van der Waals surface area (Å²) in [6, 6.07) is 9.67. The van der Waals surface area contributed by atoms with E-state index in [4.69, 9.17) is 0 Å².